The van der Waals surface area contributed by atoms with Gasteiger partial charge in [-0.2, -0.15) is 19.1 Å². The summed E-state index contributed by atoms with van der Waals surface area (Å²) in [7, 11) is 0. The van der Waals surface area contributed by atoms with Crippen LogP contribution in [-0.4, -0.2) is 15.5 Å². The van der Waals surface area contributed by atoms with Crippen molar-refractivity contribution in [3.8, 4) is 11.8 Å². The molecule has 30 heavy (non-hydrogen) atoms. The summed E-state index contributed by atoms with van der Waals surface area (Å²) in [4.78, 5) is 0. The highest BCUT2D eigenvalue weighted by atomic mass is 19.3. The minimum atomic E-state index is -2.80. The van der Waals surface area contributed by atoms with Gasteiger partial charge in [0.15, 0.2) is 0 Å². The Morgan fingerprint density at radius 3 is 2.83 bits per heavy atom. The van der Waals surface area contributed by atoms with Crippen molar-refractivity contribution in [2.75, 3.05) is 5.73 Å². The number of nitriles is 1. The summed E-state index contributed by atoms with van der Waals surface area (Å²) >= 11 is 0. The first-order valence-electron chi connectivity index (χ1n) is 9.08. The third-order valence-corrected chi connectivity index (χ3v) is 5.07. The molecule has 1 atom stereocenters. The summed E-state index contributed by atoms with van der Waals surface area (Å²) in [6, 6.07) is 9.70. The predicted octanol–water partition coefficient (Wildman–Crippen LogP) is 4.35. The SMILES string of the molecule is N#Cc1ccc2c(c1F)CC[C@H]2Oc1ccc(N)c(C(=N)c2cnn(C(F)F)c2)c1. The second-order valence-electron chi connectivity index (χ2n) is 6.86. The number of hydrogen-bond acceptors (Lipinski definition) is 5. The second-order valence-corrected chi connectivity index (χ2v) is 6.86. The van der Waals surface area contributed by atoms with Crippen LogP contribution in [0.5, 0.6) is 5.75 Å². The molecule has 9 heteroatoms. The fourth-order valence-corrected chi connectivity index (χ4v) is 3.55. The summed E-state index contributed by atoms with van der Waals surface area (Å²) in [5.74, 6) is -0.107. The van der Waals surface area contributed by atoms with Crippen molar-refractivity contribution in [2.24, 2.45) is 0 Å². The molecule has 0 saturated carbocycles. The molecule has 0 amide bonds. The van der Waals surface area contributed by atoms with Crippen LogP contribution in [0, 0.1) is 22.6 Å². The summed E-state index contributed by atoms with van der Waals surface area (Å²) in [5.41, 5.74) is 7.85. The van der Waals surface area contributed by atoms with Crippen molar-refractivity contribution >= 4 is 11.4 Å². The standard InChI is InChI=1S/C21H16F3N5O/c22-19-11(8-25)1-3-14-15(19)4-6-18(14)30-13-2-5-17(26)16(7-13)20(27)12-9-28-29(10-12)21(23)24/h1-3,5,7,9-10,18,21,27H,4,6,26H2/t18-/m1/s1. The van der Waals surface area contributed by atoms with E-state index >= 15 is 0 Å². The van der Waals surface area contributed by atoms with E-state index in [1.807, 2.05) is 6.07 Å². The second kappa shape index (κ2) is 7.55. The molecule has 2 aromatic carbocycles. The zero-order valence-corrected chi connectivity index (χ0v) is 15.6. The molecular weight excluding hydrogens is 395 g/mol. The number of rotatable bonds is 5. The van der Waals surface area contributed by atoms with Crippen LogP contribution in [-0.2, 0) is 6.42 Å². The van der Waals surface area contributed by atoms with Gasteiger partial charge in [-0.3, -0.25) is 5.41 Å². The number of halogens is 3. The normalized spacial score (nSPS) is 15.1. The molecule has 0 radical (unpaired) electrons. The molecule has 0 aliphatic heterocycles. The van der Waals surface area contributed by atoms with Gasteiger partial charge in [0.25, 0.3) is 0 Å². The van der Waals surface area contributed by atoms with E-state index in [4.69, 9.17) is 21.1 Å². The van der Waals surface area contributed by atoms with Gasteiger partial charge >= 0.3 is 6.55 Å². The summed E-state index contributed by atoms with van der Waals surface area (Å²) in [5, 5.41) is 20.8. The lowest BCUT2D eigenvalue weighted by molar-refractivity contribution is 0.0566. The van der Waals surface area contributed by atoms with Gasteiger partial charge in [0.2, 0.25) is 0 Å². The number of nitrogen functional groups attached to an aromatic ring is 1. The maximum Gasteiger partial charge on any atom is 0.333 e. The molecule has 1 aliphatic rings. The number of alkyl halides is 2. The zero-order chi connectivity index (χ0) is 21.4. The quantitative estimate of drug-likeness (QED) is 0.481. The third kappa shape index (κ3) is 3.37. The lowest BCUT2D eigenvalue weighted by atomic mass is 10.0. The highest BCUT2D eigenvalue weighted by Gasteiger charge is 2.28. The van der Waals surface area contributed by atoms with E-state index in [1.54, 1.807) is 24.3 Å². The number of benzene rings is 2. The van der Waals surface area contributed by atoms with Crippen LogP contribution in [0.1, 0.15) is 46.9 Å². The van der Waals surface area contributed by atoms with Gasteiger partial charge in [-0.05, 0) is 48.2 Å². The maximum absolute atomic E-state index is 14.4. The number of nitrogens with one attached hydrogen (secondary N) is 1. The van der Waals surface area contributed by atoms with Gasteiger partial charge in [-0.1, -0.05) is 6.07 Å². The molecule has 152 valence electrons. The lowest BCUT2D eigenvalue weighted by Gasteiger charge is -2.17. The molecule has 4 rings (SSSR count). The Kier molecular flexibility index (Phi) is 4.91. The predicted molar refractivity (Wildman–Crippen MR) is 103 cm³/mol. The molecule has 6 nitrogen and oxygen atoms in total. The number of fused-ring (bicyclic) bond motifs is 1. The monoisotopic (exact) mass is 411 g/mol. The van der Waals surface area contributed by atoms with E-state index in [-0.39, 0.29) is 22.5 Å². The van der Waals surface area contributed by atoms with Gasteiger partial charge in [-0.15, -0.1) is 0 Å². The number of nitrogens with two attached hydrogens (primary N) is 1. The lowest BCUT2D eigenvalue weighted by Crippen LogP contribution is -2.08. The summed E-state index contributed by atoms with van der Waals surface area (Å²) < 4.78 is 46.4. The number of ether oxygens (including phenoxy) is 1. The first-order chi connectivity index (χ1) is 14.4. The fourth-order valence-electron chi connectivity index (χ4n) is 3.55. The van der Waals surface area contributed by atoms with Crippen LogP contribution < -0.4 is 10.5 Å². The Labute approximate surface area is 169 Å². The van der Waals surface area contributed by atoms with Gasteiger partial charge in [-0.25, -0.2) is 9.07 Å². The van der Waals surface area contributed by atoms with Crippen molar-refractivity contribution in [1.82, 2.24) is 9.78 Å². The number of anilines is 1. The van der Waals surface area contributed by atoms with Crippen molar-refractivity contribution in [1.29, 1.82) is 10.7 Å². The van der Waals surface area contributed by atoms with Crippen LogP contribution >= 0.6 is 0 Å². The van der Waals surface area contributed by atoms with E-state index in [0.717, 1.165) is 6.20 Å². The van der Waals surface area contributed by atoms with Crippen molar-refractivity contribution < 1.29 is 17.9 Å². The molecule has 1 aromatic heterocycles. The first-order valence-corrected chi connectivity index (χ1v) is 9.08. The van der Waals surface area contributed by atoms with E-state index in [0.29, 0.717) is 40.0 Å². The zero-order valence-electron chi connectivity index (χ0n) is 15.6. The van der Waals surface area contributed by atoms with Crippen LogP contribution in [0.15, 0.2) is 42.7 Å². The molecule has 1 heterocycles. The molecule has 1 aliphatic carbocycles. The Balaban J connectivity index is 1.60. The van der Waals surface area contributed by atoms with Gasteiger partial charge in [0.05, 0.1) is 17.5 Å². The Bertz CT molecular complexity index is 1180. The molecule has 3 N–H and O–H groups in total. The number of hydrogen-bond donors (Lipinski definition) is 2. The topological polar surface area (TPSA) is 101 Å². The smallest absolute Gasteiger partial charge is 0.333 e. The highest BCUT2D eigenvalue weighted by Crippen LogP contribution is 2.37. The average molecular weight is 411 g/mol. The van der Waals surface area contributed by atoms with Crippen molar-refractivity contribution in [3.05, 3.63) is 76.4 Å². The Hall–Kier alpha value is -3.80. The summed E-state index contributed by atoms with van der Waals surface area (Å²) in [6.45, 7) is -2.80. The first kappa shape index (κ1) is 19.5. The van der Waals surface area contributed by atoms with E-state index < -0.39 is 18.5 Å². The van der Waals surface area contributed by atoms with Crippen LogP contribution in [0.2, 0.25) is 0 Å². The van der Waals surface area contributed by atoms with E-state index in [2.05, 4.69) is 5.10 Å². The van der Waals surface area contributed by atoms with E-state index in [9.17, 15) is 13.2 Å². The maximum atomic E-state index is 14.4. The highest BCUT2D eigenvalue weighted by molar-refractivity contribution is 6.13. The molecular formula is C21H16F3N5O. The molecule has 0 fully saturated rings. The van der Waals surface area contributed by atoms with E-state index in [1.165, 1.54) is 12.3 Å². The van der Waals surface area contributed by atoms with Crippen LogP contribution in [0.25, 0.3) is 0 Å². The van der Waals surface area contributed by atoms with Crippen LogP contribution in [0.4, 0.5) is 18.9 Å². The van der Waals surface area contributed by atoms with Gasteiger partial charge in [0, 0.05) is 23.0 Å². The third-order valence-electron chi connectivity index (χ3n) is 5.07. The largest absolute Gasteiger partial charge is 0.486 e. The summed E-state index contributed by atoms with van der Waals surface area (Å²) in [6.07, 6.45) is 2.83. The Morgan fingerprint density at radius 1 is 1.33 bits per heavy atom. The minimum absolute atomic E-state index is 0.00182. The molecule has 0 unspecified atom stereocenters. The molecule has 3 aromatic rings. The van der Waals surface area contributed by atoms with Gasteiger partial charge in [0.1, 0.15) is 23.7 Å². The average Bonchev–Trinajstić information content (AvgIpc) is 3.37. The van der Waals surface area contributed by atoms with Gasteiger partial charge < -0.3 is 10.5 Å². The fraction of sp³-hybridized carbons (Fsp3) is 0.190. The van der Waals surface area contributed by atoms with Crippen molar-refractivity contribution in [3.63, 3.8) is 0 Å². The number of nitrogens with zero attached hydrogens (tertiary/aromatic N) is 3. The molecule has 0 spiro atoms. The van der Waals surface area contributed by atoms with Crippen LogP contribution in [0.3, 0.4) is 0 Å². The number of aromatic nitrogens is 2. The Morgan fingerprint density at radius 2 is 2.13 bits per heavy atom. The molecule has 0 bridgehead atoms. The molecule has 0 saturated heterocycles. The minimum Gasteiger partial charge on any atom is -0.486 e. The van der Waals surface area contributed by atoms with Crippen molar-refractivity contribution in [2.45, 2.75) is 25.5 Å².